The monoisotopic (exact) mass is 622 g/mol. The van der Waals surface area contributed by atoms with Crippen molar-refractivity contribution in [1.82, 2.24) is 0 Å². The lowest BCUT2D eigenvalue weighted by atomic mass is 9.81. The van der Waals surface area contributed by atoms with Crippen molar-refractivity contribution >= 4 is 54.3 Å². The number of rotatable bonds is 4. The fourth-order valence-corrected chi connectivity index (χ4v) is 7.91. The van der Waals surface area contributed by atoms with E-state index in [4.69, 9.17) is 4.42 Å². The number of benzene rings is 9. The van der Waals surface area contributed by atoms with E-state index >= 15 is 0 Å². The minimum Gasteiger partial charge on any atom is -0.455 e. The molecule has 0 radical (unpaired) electrons. The first-order valence-corrected chi connectivity index (χ1v) is 16.9. The van der Waals surface area contributed by atoms with Crippen LogP contribution in [0.2, 0.25) is 0 Å². The second kappa shape index (κ2) is 11.1. The van der Waals surface area contributed by atoms with E-state index in [0.717, 1.165) is 27.3 Å². The minimum absolute atomic E-state index is 0.923. The van der Waals surface area contributed by atoms with Crippen molar-refractivity contribution in [3.8, 4) is 44.5 Å². The Hall–Kier alpha value is -6.44. The maximum Gasteiger partial charge on any atom is 0.143 e. The Morgan fingerprint density at radius 3 is 1.41 bits per heavy atom. The molecule has 0 bridgehead atoms. The van der Waals surface area contributed by atoms with Gasteiger partial charge in [0.2, 0.25) is 0 Å². The van der Waals surface area contributed by atoms with E-state index in [2.05, 4.69) is 176 Å². The van der Waals surface area contributed by atoms with Gasteiger partial charge in [-0.1, -0.05) is 158 Å². The van der Waals surface area contributed by atoms with Gasteiger partial charge in [0.15, 0.2) is 0 Å². The molecule has 0 N–H and O–H groups in total. The third-order valence-corrected chi connectivity index (χ3v) is 10.1. The maximum absolute atomic E-state index is 6.41. The van der Waals surface area contributed by atoms with Gasteiger partial charge in [-0.2, -0.15) is 0 Å². The molecule has 228 valence electrons. The molecule has 0 atom stereocenters. The Morgan fingerprint density at radius 1 is 0.286 bits per heavy atom. The first kappa shape index (κ1) is 27.7. The molecular weight excluding hydrogens is 593 g/mol. The second-order valence-corrected chi connectivity index (χ2v) is 12.8. The zero-order valence-corrected chi connectivity index (χ0v) is 26.7. The van der Waals surface area contributed by atoms with Crippen LogP contribution >= 0.6 is 0 Å². The van der Waals surface area contributed by atoms with Crippen molar-refractivity contribution in [1.29, 1.82) is 0 Å². The van der Waals surface area contributed by atoms with Crippen LogP contribution in [0.5, 0.6) is 0 Å². The molecule has 10 aromatic rings. The van der Waals surface area contributed by atoms with Crippen LogP contribution in [0.25, 0.3) is 98.8 Å². The molecule has 1 nitrogen and oxygen atoms in total. The molecule has 9 aromatic carbocycles. The van der Waals surface area contributed by atoms with Crippen LogP contribution in [0.1, 0.15) is 0 Å². The average Bonchev–Trinajstić information content (AvgIpc) is 3.56. The van der Waals surface area contributed by atoms with Crippen LogP contribution in [0.15, 0.2) is 186 Å². The summed E-state index contributed by atoms with van der Waals surface area (Å²) in [5, 5.41) is 9.57. The third-order valence-electron chi connectivity index (χ3n) is 10.1. The lowest BCUT2D eigenvalue weighted by Gasteiger charge is -2.22. The molecule has 1 heteroatoms. The summed E-state index contributed by atoms with van der Waals surface area (Å²) < 4.78 is 6.41. The van der Waals surface area contributed by atoms with E-state index in [0.29, 0.717) is 0 Å². The van der Waals surface area contributed by atoms with Crippen molar-refractivity contribution in [2.45, 2.75) is 0 Å². The summed E-state index contributed by atoms with van der Waals surface area (Å²) in [6, 6.07) is 65.8. The Bertz CT molecular complexity index is 2750. The smallest absolute Gasteiger partial charge is 0.143 e. The first-order chi connectivity index (χ1) is 24.3. The summed E-state index contributed by atoms with van der Waals surface area (Å²) in [7, 11) is 0. The third kappa shape index (κ3) is 4.33. The summed E-state index contributed by atoms with van der Waals surface area (Å²) in [5.74, 6) is 0. The number of fused-ring (bicyclic) bond motifs is 7. The molecule has 0 aliphatic heterocycles. The fraction of sp³-hybridized carbons (Fsp3) is 0. The maximum atomic E-state index is 6.41. The molecule has 0 aliphatic carbocycles. The van der Waals surface area contributed by atoms with Crippen molar-refractivity contribution in [2.75, 3.05) is 0 Å². The van der Waals surface area contributed by atoms with Crippen molar-refractivity contribution in [2.24, 2.45) is 0 Å². The van der Waals surface area contributed by atoms with E-state index in [-0.39, 0.29) is 0 Å². The molecule has 49 heavy (non-hydrogen) atoms. The number of para-hydroxylation sites is 1. The predicted octanol–water partition coefficient (Wildman–Crippen LogP) is 13.7. The predicted molar refractivity (Wildman–Crippen MR) is 208 cm³/mol. The normalized spacial score (nSPS) is 11.7. The Morgan fingerprint density at radius 2 is 0.796 bits per heavy atom. The standard InChI is InChI=1S/C48H30O/c1-3-14-31(15-4-1)35-23-13-24-36(32-16-5-2-6-17-32)46(35)47-41-21-9-7-19-39(41)45(40-20-8-10-22-42(40)47)34-27-28-37-33(30-34)26-29-43-38-18-11-12-25-44(38)49-48(37)43/h1-30H. The molecule has 1 aromatic heterocycles. The quantitative estimate of drug-likeness (QED) is 0.178. The molecule has 0 fully saturated rings. The van der Waals surface area contributed by atoms with E-state index in [1.54, 1.807) is 0 Å². The van der Waals surface area contributed by atoms with Gasteiger partial charge in [-0.25, -0.2) is 0 Å². The molecule has 0 unspecified atom stereocenters. The Balaban J connectivity index is 1.29. The van der Waals surface area contributed by atoms with Gasteiger partial charge in [0.1, 0.15) is 11.2 Å². The highest BCUT2D eigenvalue weighted by atomic mass is 16.3. The SMILES string of the molecule is c1ccc(-c2cccc(-c3ccccc3)c2-c2c3ccccc3c(-c3ccc4c(ccc5c6ccccc6oc45)c3)c3ccccc23)cc1. The number of furan rings is 1. The Labute approximate surface area is 284 Å². The van der Waals surface area contributed by atoms with Gasteiger partial charge < -0.3 is 4.42 Å². The zero-order chi connectivity index (χ0) is 32.3. The van der Waals surface area contributed by atoms with Crippen LogP contribution in [0.4, 0.5) is 0 Å². The highest BCUT2D eigenvalue weighted by molar-refractivity contribution is 6.24. The number of hydrogen-bond acceptors (Lipinski definition) is 1. The molecule has 0 saturated carbocycles. The summed E-state index contributed by atoms with van der Waals surface area (Å²) in [5.41, 5.74) is 11.7. The number of hydrogen-bond donors (Lipinski definition) is 0. The van der Waals surface area contributed by atoms with Gasteiger partial charge in [-0.3, -0.25) is 0 Å². The van der Waals surface area contributed by atoms with Crippen LogP contribution < -0.4 is 0 Å². The largest absolute Gasteiger partial charge is 0.455 e. The van der Waals surface area contributed by atoms with Gasteiger partial charge in [-0.05, 0) is 95.7 Å². The molecule has 0 aliphatic rings. The zero-order valence-electron chi connectivity index (χ0n) is 26.7. The molecular formula is C48H30O. The summed E-state index contributed by atoms with van der Waals surface area (Å²) in [6.07, 6.45) is 0. The van der Waals surface area contributed by atoms with Crippen molar-refractivity contribution in [3.05, 3.63) is 182 Å². The van der Waals surface area contributed by atoms with E-state index in [1.807, 2.05) is 6.07 Å². The van der Waals surface area contributed by atoms with Crippen LogP contribution in [-0.4, -0.2) is 0 Å². The molecule has 0 saturated heterocycles. The highest BCUT2D eigenvalue weighted by Crippen LogP contribution is 2.49. The van der Waals surface area contributed by atoms with Crippen LogP contribution in [-0.2, 0) is 0 Å². The Kier molecular flexibility index (Phi) is 6.25. The summed E-state index contributed by atoms with van der Waals surface area (Å²) in [6.45, 7) is 0. The molecule has 0 amide bonds. The van der Waals surface area contributed by atoms with Crippen LogP contribution in [0.3, 0.4) is 0 Å². The van der Waals surface area contributed by atoms with E-state index in [1.165, 1.54) is 71.4 Å². The fourth-order valence-electron chi connectivity index (χ4n) is 7.91. The van der Waals surface area contributed by atoms with Crippen molar-refractivity contribution < 1.29 is 4.42 Å². The lowest BCUT2D eigenvalue weighted by Crippen LogP contribution is -1.95. The summed E-state index contributed by atoms with van der Waals surface area (Å²) >= 11 is 0. The van der Waals surface area contributed by atoms with Gasteiger partial charge in [0, 0.05) is 16.2 Å². The van der Waals surface area contributed by atoms with E-state index in [9.17, 15) is 0 Å². The van der Waals surface area contributed by atoms with Crippen molar-refractivity contribution in [3.63, 3.8) is 0 Å². The molecule has 10 rings (SSSR count). The minimum atomic E-state index is 0.923. The lowest BCUT2D eigenvalue weighted by molar-refractivity contribution is 0.672. The molecule has 1 heterocycles. The average molecular weight is 623 g/mol. The molecule has 0 spiro atoms. The van der Waals surface area contributed by atoms with Gasteiger partial charge in [0.05, 0.1) is 0 Å². The highest BCUT2D eigenvalue weighted by Gasteiger charge is 2.22. The first-order valence-electron chi connectivity index (χ1n) is 16.9. The van der Waals surface area contributed by atoms with Crippen LogP contribution in [0, 0.1) is 0 Å². The van der Waals surface area contributed by atoms with Gasteiger partial charge in [-0.15, -0.1) is 0 Å². The van der Waals surface area contributed by atoms with Gasteiger partial charge in [0.25, 0.3) is 0 Å². The topological polar surface area (TPSA) is 13.1 Å². The summed E-state index contributed by atoms with van der Waals surface area (Å²) in [4.78, 5) is 0. The van der Waals surface area contributed by atoms with E-state index < -0.39 is 0 Å². The van der Waals surface area contributed by atoms with Gasteiger partial charge >= 0.3 is 0 Å². The second-order valence-electron chi connectivity index (χ2n) is 12.8.